The lowest BCUT2D eigenvalue weighted by Crippen LogP contribution is -2.46. The number of carbonyl (C=O) groups is 1. The fraction of sp³-hybridized carbons (Fsp3) is 0.667. The summed E-state index contributed by atoms with van der Waals surface area (Å²) in [6.07, 6.45) is 1.62. The molecule has 0 saturated carbocycles. The number of carbonyl (C=O) groups excluding carboxylic acids is 1. The first-order chi connectivity index (χ1) is 8.58. The molecule has 0 atom stereocenters. The van der Waals surface area contributed by atoms with E-state index in [4.69, 9.17) is 4.74 Å². The van der Waals surface area contributed by atoms with E-state index in [1.54, 1.807) is 7.05 Å². The second kappa shape index (κ2) is 9.57. The van der Waals surface area contributed by atoms with Crippen LogP contribution in [-0.2, 0) is 9.53 Å². The van der Waals surface area contributed by atoms with Crippen LogP contribution in [0.15, 0.2) is 16.1 Å². The summed E-state index contributed by atoms with van der Waals surface area (Å²) in [6, 6.07) is 0. The topological polar surface area (TPSA) is 53.9 Å². The van der Waals surface area contributed by atoms with Gasteiger partial charge < -0.3 is 15.0 Å². The summed E-state index contributed by atoms with van der Waals surface area (Å²) in [4.78, 5) is 17.8. The first-order valence-electron chi connectivity index (χ1n) is 5.95. The number of guanidine groups is 1. The van der Waals surface area contributed by atoms with Gasteiger partial charge in [-0.3, -0.25) is 9.79 Å². The normalized spacial score (nSPS) is 16.6. The molecule has 1 saturated heterocycles. The predicted octanol–water partition coefficient (Wildman–Crippen LogP) is 1.97. The number of ether oxygens (including phenoxy) is 1. The number of rotatable bonds is 3. The van der Waals surface area contributed by atoms with Crippen molar-refractivity contribution in [2.75, 3.05) is 33.8 Å². The summed E-state index contributed by atoms with van der Waals surface area (Å²) in [6.45, 7) is 6.04. The fourth-order valence-electron chi connectivity index (χ4n) is 2.00. The molecule has 1 heterocycles. The number of methoxy groups -OCH3 is 1. The average Bonchev–Trinajstić information content (AvgIpc) is 2.39. The fourth-order valence-corrected chi connectivity index (χ4v) is 2.14. The highest BCUT2D eigenvalue weighted by molar-refractivity contribution is 14.0. The Hall–Kier alpha value is -0.310. The summed E-state index contributed by atoms with van der Waals surface area (Å²) in [5, 5.41) is 3.21. The van der Waals surface area contributed by atoms with Gasteiger partial charge in [0.1, 0.15) is 0 Å². The standard InChI is InChI=1S/C12H20BrN3O2.HI/c1-9(13)8-15-12(14-2)16-6-4-10(5-7-16)11(17)18-3;/h10H,1,4-8H2,2-3H3,(H,14,15);1H. The van der Waals surface area contributed by atoms with Crippen molar-refractivity contribution < 1.29 is 9.53 Å². The average molecular weight is 446 g/mol. The van der Waals surface area contributed by atoms with Crippen LogP contribution in [0.2, 0.25) is 0 Å². The van der Waals surface area contributed by atoms with Gasteiger partial charge in [-0.2, -0.15) is 0 Å². The lowest BCUT2D eigenvalue weighted by Gasteiger charge is -2.33. The van der Waals surface area contributed by atoms with E-state index in [2.05, 4.69) is 37.7 Å². The lowest BCUT2D eigenvalue weighted by atomic mass is 9.97. The molecule has 0 spiro atoms. The van der Waals surface area contributed by atoms with Crippen molar-refractivity contribution in [2.24, 2.45) is 10.9 Å². The van der Waals surface area contributed by atoms with E-state index < -0.39 is 0 Å². The van der Waals surface area contributed by atoms with Gasteiger partial charge in [0, 0.05) is 31.2 Å². The molecule has 0 unspecified atom stereocenters. The summed E-state index contributed by atoms with van der Waals surface area (Å²) < 4.78 is 5.65. The zero-order valence-electron chi connectivity index (χ0n) is 11.3. The van der Waals surface area contributed by atoms with Gasteiger partial charge in [-0.25, -0.2) is 0 Å². The summed E-state index contributed by atoms with van der Waals surface area (Å²) >= 11 is 3.30. The van der Waals surface area contributed by atoms with Crippen LogP contribution in [0, 0.1) is 5.92 Å². The van der Waals surface area contributed by atoms with Gasteiger partial charge in [-0.05, 0) is 12.8 Å². The molecule has 1 fully saturated rings. The number of halogens is 2. The van der Waals surface area contributed by atoms with Gasteiger partial charge in [0.15, 0.2) is 5.96 Å². The van der Waals surface area contributed by atoms with Crippen LogP contribution < -0.4 is 5.32 Å². The monoisotopic (exact) mass is 445 g/mol. The summed E-state index contributed by atoms with van der Waals surface area (Å²) in [5.74, 6) is 0.765. The SMILES string of the molecule is C=C(Br)CNC(=NC)N1CCC(C(=O)OC)CC1.I. The molecule has 0 bridgehead atoms. The molecule has 1 rings (SSSR count). The minimum atomic E-state index is -0.105. The van der Waals surface area contributed by atoms with Crippen molar-refractivity contribution in [1.29, 1.82) is 0 Å². The molecule has 0 aliphatic carbocycles. The maximum absolute atomic E-state index is 11.4. The zero-order chi connectivity index (χ0) is 13.5. The number of nitrogens with zero attached hydrogens (tertiary/aromatic N) is 2. The molecule has 0 aromatic rings. The Balaban J connectivity index is 0.00000324. The third-order valence-corrected chi connectivity index (χ3v) is 3.26. The Labute approximate surface area is 140 Å². The molecule has 0 amide bonds. The Morgan fingerprint density at radius 2 is 2.11 bits per heavy atom. The molecule has 1 N–H and O–H groups in total. The van der Waals surface area contributed by atoms with Crippen LogP contribution in [-0.4, -0.2) is 50.6 Å². The molecule has 19 heavy (non-hydrogen) atoms. The Morgan fingerprint density at radius 1 is 1.53 bits per heavy atom. The smallest absolute Gasteiger partial charge is 0.308 e. The van der Waals surface area contributed by atoms with E-state index in [0.29, 0.717) is 6.54 Å². The van der Waals surface area contributed by atoms with Crippen LogP contribution in [0.4, 0.5) is 0 Å². The van der Waals surface area contributed by atoms with Crippen molar-refractivity contribution >= 4 is 51.8 Å². The largest absolute Gasteiger partial charge is 0.469 e. The highest BCUT2D eigenvalue weighted by Crippen LogP contribution is 2.18. The van der Waals surface area contributed by atoms with Gasteiger partial charge in [0.2, 0.25) is 0 Å². The molecule has 1 aliphatic heterocycles. The molecule has 0 aromatic carbocycles. The van der Waals surface area contributed by atoms with Crippen molar-refractivity contribution in [1.82, 2.24) is 10.2 Å². The van der Waals surface area contributed by atoms with E-state index in [9.17, 15) is 4.79 Å². The number of aliphatic imine (C=N–C) groups is 1. The van der Waals surface area contributed by atoms with Crippen LogP contribution in [0.5, 0.6) is 0 Å². The molecule has 7 heteroatoms. The van der Waals surface area contributed by atoms with Gasteiger partial charge >= 0.3 is 5.97 Å². The van der Waals surface area contributed by atoms with E-state index in [1.807, 2.05) is 0 Å². The lowest BCUT2D eigenvalue weighted by molar-refractivity contribution is -0.146. The number of esters is 1. The number of nitrogens with one attached hydrogen (secondary N) is 1. The van der Waals surface area contributed by atoms with Crippen LogP contribution in [0.3, 0.4) is 0 Å². The zero-order valence-corrected chi connectivity index (χ0v) is 15.2. The molecule has 0 aromatic heterocycles. The Kier molecular flexibility index (Phi) is 9.42. The van der Waals surface area contributed by atoms with Crippen LogP contribution in [0.1, 0.15) is 12.8 Å². The minimum Gasteiger partial charge on any atom is -0.469 e. The molecular weight excluding hydrogens is 425 g/mol. The number of hydrogen-bond acceptors (Lipinski definition) is 3. The van der Waals surface area contributed by atoms with E-state index >= 15 is 0 Å². The number of piperidine rings is 1. The first-order valence-corrected chi connectivity index (χ1v) is 6.74. The van der Waals surface area contributed by atoms with Crippen LogP contribution >= 0.6 is 39.9 Å². The molecule has 5 nitrogen and oxygen atoms in total. The van der Waals surface area contributed by atoms with Crippen LogP contribution in [0.25, 0.3) is 0 Å². The second-order valence-corrected chi connectivity index (χ2v) is 5.32. The number of likely N-dealkylation sites (tertiary alicyclic amines) is 1. The Bertz CT molecular complexity index is 342. The summed E-state index contributed by atoms with van der Waals surface area (Å²) in [5.41, 5.74) is 0. The predicted molar refractivity (Wildman–Crippen MR) is 91.2 cm³/mol. The van der Waals surface area contributed by atoms with E-state index in [0.717, 1.165) is 36.4 Å². The van der Waals surface area contributed by atoms with E-state index in [-0.39, 0.29) is 35.9 Å². The highest BCUT2D eigenvalue weighted by atomic mass is 127. The highest BCUT2D eigenvalue weighted by Gasteiger charge is 2.26. The Morgan fingerprint density at radius 3 is 2.53 bits per heavy atom. The van der Waals surface area contributed by atoms with Crippen molar-refractivity contribution in [2.45, 2.75) is 12.8 Å². The third-order valence-electron chi connectivity index (χ3n) is 2.98. The quantitative estimate of drug-likeness (QED) is 0.312. The van der Waals surface area contributed by atoms with Gasteiger partial charge in [0.25, 0.3) is 0 Å². The molecule has 1 aliphatic rings. The third kappa shape index (κ3) is 6.11. The van der Waals surface area contributed by atoms with Crippen molar-refractivity contribution in [3.05, 3.63) is 11.1 Å². The first kappa shape index (κ1) is 18.7. The van der Waals surface area contributed by atoms with Crippen molar-refractivity contribution in [3.63, 3.8) is 0 Å². The van der Waals surface area contributed by atoms with Gasteiger partial charge in [-0.1, -0.05) is 22.5 Å². The summed E-state index contributed by atoms with van der Waals surface area (Å²) in [7, 11) is 3.20. The molecule has 0 radical (unpaired) electrons. The van der Waals surface area contributed by atoms with E-state index in [1.165, 1.54) is 7.11 Å². The molecule has 110 valence electrons. The van der Waals surface area contributed by atoms with Gasteiger partial charge in [0.05, 0.1) is 13.0 Å². The van der Waals surface area contributed by atoms with Gasteiger partial charge in [-0.15, -0.1) is 24.0 Å². The maximum atomic E-state index is 11.4. The molecular formula is C12H21BrIN3O2. The number of hydrogen-bond donors (Lipinski definition) is 1. The minimum absolute atomic E-state index is 0. The maximum Gasteiger partial charge on any atom is 0.308 e. The van der Waals surface area contributed by atoms with Crippen molar-refractivity contribution in [3.8, 4) is 0 Å². The second-order valence-electron chi connectivity index (χ2n) is 4.20.